The number of rotatable bonds is 5. The van der Waals surface area contributed by atoms with Gasteiger partial charge in [-0.25, -0.2) is 0 Å². The van der Waals surface area contributed by atoms with Crippen molar-refractivity contribution in [1.29, 1.82) is 5.26 Å². The van der Waals surface area contributed by atoms with Gasteiger partial charge in [-0.2, -0.15) is 5.26 Å². The van der Waals surface area contributed by atoms with Gasteiger partial charge in [0.05, 0.1) is 19.6 Å². The molecule has 3 nitrogen and oxygen atoms in total. The van der Waals surface area contributed by atoms with Crippen molar-refractivity contribution in [2.75, 3.05) is 21.2 Å². The van der Waals surface area contributed by atoms with E-state index >= 15 is 0 Å². The molecule has 0 fully saturated rings. The standard InChI is InChI=1S/C14H20N2O/c1-5-11-10-12(6-7-14(11)17-4)13(8-9-15)16(2)3/h6-7,10,13H,5,8H2,1-4H3. The van der Waals surface area contributed by atoms with Crippen LogP contribution < -0.4 is 4.74 Å². The van der Waals surface area contributed by atoms with Crippen molar-refractivity contribution in [3.63, 3.8) is 0 Å². The number of ether oxygens (including phenoxy) is 1. The molecule has 17 heavy (non-hydrogen) atoms. The van der Waals surface area contributed by atoms with Crippen molar-refractivity contribution in [2.45, 2.75) is 25.8 Å². The van der Waals surface area contributed by atoms with Crippen molar-refractivity contribution >= 4 is 0 Å². The molecule has 0 N–H and O–H groups in total. The first kappa shape index (κ1) is 13.5. The van der Waals surface area contributed by atoms with Crippen LogP contribution in [-0.2, 0) is 6.42 Å². The molecule has 0 saturated carbocycles. The highest BCUT2D eigenvalue weighted by molar-refractivity contribution is 5.38. The first-order valence-corrected chi connectivity index (χ1v) is 5.84. The van der Waals surface area contributed by atoms with Crippen molar-refractivity contribution in [1.82, 2.24) is 4.90 Å². The van der Waals surface area contributed by atoms with Crippen LogP contribution >= 0.6 is 0 Å². The minimum atomic E-state index is 0.149. The van der Waals surface area contributed by atoms with Gasteiger partial charge in [0.15, 0.2) is 0 Å². The first-order valence-electron chi connectivity index (χ1n) is 5.84. The van der Waals surface area contributed by atoms with Crippen LogP contribution in [0.2, 0.25) is 0 Å². The van der Waals surface area contributed by atoms with E-state index in [9.17, 15) is 0 Å². The fraction of sp³-hybridized carbons (Fsp3) is 0.500. The predicted octanol–water partition coefficient (Wildman–Crippen LogP) is 2.77. The van der Waals surface area contributed by atoms with Crippen molar-refractivity contribution in [3.8, 4) is 11.8 Å². The highest BCUT2D eigenvalue weighted by Gasteiger charge is 2.15. The lowest BCUT2D eigenvalue weighted by molar-refractivity contribution is 0.303. The molecule has 0 heterocycles. The molecule has 1 aromatic rings. The Kier molecular flexibility index (Phi) is 4.99. The summed E-state index contributed by atoms with van der Waals surface area (Å²) < 4.78 is 5.31. The van der Waals surface area contributed by atoms with Crippen LogP contribution in [0.15, 0.2) is 18.2 Å². The van der Waals surface area contributed by atoms with E-state index in [0.29, 0.717) is 6.42 Å². The smallest absolute Gasteiger partial charge is 0.122 e. The number of benzene rings is 1. The highest BCUT2D eigenvalue weighted by atomic mass is 16.5. The van der Waals surface area contributed by atoms with E-state index in [1.165, 1.54) is 11.1 Å². The summed E-state index contributed by atoms with van der Waals surface area (Å²) in [5, 5.41) is 8.87. The maximum absolute atomic E-state index is 8.87. The minimum absolute atomic E-state index is 0.149. The van der Waals surface area contributed by atoms with Crippen LogP contribution in [0, 0.1) is 11.3 Å². The maximum atomic E-state index is 8.87. The summed E-state index contributed by atoms with van der Waals surface area (Å²) >= 11 is 0. The monoisotopic (exact) mass is 232 g/mol. The van der Waals surface area contributed by atoms with Gasteiger partial charge >= 0.3 is 0 Å². The molecule has 0 spiro atoms. The quantitative estimate of drug-likeness (QED) is 0.783. The second kappa shape index (κ2) is 6.27. The van der Waals surface area contributed by atoms with E-state index in [-0.39, 0.29) is 6.04 Å². The van der Waals surface area contributed by atoms with E-state index in [4.69, 9.17) is 10.00 Å². The Bertz CT molecular complexity index is 407. The number of nitriles is 1. The lowest BCUT2D eigenvalue weighted by Crippen LogP contribution is -2.19. The van der Waals surface area contributed by atoms with E-state index in [1.54, 1.807) is 7.11 Å². The SMILES string of the molecule is CCc1cc(C(CC#N)N(C)C)ccc1OC. The van der Waals surface area contributed by atoms with Crippen LogP contribution in [0.4, 0.5) is 0 Å². The molecule has 0 aliphatic carbocycles. The number of aryl methyl sites for hydroxylation is 1. The first-order chi connectivity index (χ1) is 8.13. The molecular formula is C14H20N2O. The van der Waals surface area contributed by atoms with Gasteiger partial charge in [0.25, 0.3) is 0 Å². The van der Waals surface area contributed by atoms with Gasteiger partial charge in [0.1, 0.15) is 5.75 Å². The van der Waals surface area contributed by atoms with Gasteiger partial charge in [-0.3, -0.25) is 0 Å². The van der Waals surface area contributed by atoms with E-state index in [1.807, 2.05) is 26.2 Å². The second-order valence-electron chi connectivity index (χ2n) is 4.27. The molecule has 0 radical (unpaired) electrons. The molecule has 1 aromatic carbocycles. The van der Waals surface area contributed by atoms with Crippen LogP contribution in [0.5, 0.6) is 5.75 Å². The molecule has 92 valence electrons. The lowest BCUT2D eigenvalue weighted by Gasteiger charge is -2.23. The molecule has 0 amide bonds. The summed E-state index contributed by atoms with van der Waals surface area (Å²) in [6.07, 6.45) is 1.44. The number of hydrogen-bond acceptors (Lipinski definition) is 3. The Labute approximate surface area is 104 Å². The maximum Gasteiger partial charge on any atom is 0.122 e. The highest BCUT2D eigenvalue weighted by Crippen LogP contribution is 2.27. The van der Waals surface area contributed by atoms with Crippen LogP contribution in [0.1, 0.15) is 30.5 Å². The topological polar surface area (TPSA) is 36.3 Å². The second-order valence-corrected chi connectivity index (χ2v) is 4.27. The molecule has 0 aliphatic heterocycles. The Hall–Kier alpha value is -1.53. The summed E-state index contributed by atoms with van der Waals surface area (Å²) in [4.78, 5) is 2.07. The van der Waals surface area contributed by atoms with Crippen LogP contribution in [0.3, 0.4) is 0 Å². The third kappa shape index (κ3) is 3.21. The van der Waals surface area contributed by atoms with Crippen LogP contribution in [-0.4, -0.2) is 26.1 Å². The van der Waals surface area contributed by atoms with Gasteiger partial charge < -0.3 is 9.64 Å². The van der Waals surface area contributed by atoms with Crippen molar-refractivity contribution in [2.24, 2.45) is 0 Å². The molecular weight excluding hydrogens is 212 g/mol. The zero-order valence-corrected chi connectivity index (χ0v) is 11.0. The Morgan fingerprint density at radius 2 is 2.12 bits per heavy atom. The summed E-state index contributed by atoms with van der Waals surface area (Å²) in [6.45, 7) is 2.11. The van der Waals surface area contributed by atoms with Gasteiger partial charge in [0.2, 0.25) is 0 Å². The summed E-state index contributed by atoms with van der Waals surface area (Å²) in [6, 6.07) is 8.56. The third-order valence-corrected chi connectivity index (χ3v) is 2.98. The minimum Gasteiger partial charge on any atom is -0.496 e. The van der Waals surface area contributed by atoms with E-state index in [0.717, 1.165) is 12.2 Å². The van der Waals surface area contributed by atoms with E-state index in [2.05, 4.69) is 24.0 Å². The van der Waals surface area contributed by atoms with Gasteiger partial charge in [-0.05, 0) is 37.7 Å². The summed E-state index contributed by atoms with van der Waals surface area (Å²) in [5.74, 6) is 0.922. The Balaban J connectivity index is 3.09. The van der Waals surface area contributed by atoms with Crippen LogP contribution in [0.25, 0.3) is 0 Å². The normalized spacial score (nSPS) is 12.2. The third-order valence-electron chi connectivity index (χ3n) is 2.98. The molecule has 0 aromatic heterocycles. The predicted molar refractivity (Wildman–Crippen MR) is 69.0 cm³/mol. The molecule has 1 rings (SSSR count). The Morgan fingerprint density at radius 3 is 2.59 bits per heavy atom. The molecule has 0 bridgehead atoms. The van der Waals surface area contributed by atoms with Crippen molar-refractivity contribution in [3.05, 3.63) is 29.3 Å². The van der Waals surface area contributed by atoms with E-state index < -0.39 is 0 Å². The molecule has 1 atom stereocenters. The number of nitrogens with zero attached hydrogens (tertiary/aromatic N) is 2. The van der Waals surface area contributed by atoms with Gasteiger partial charge in [-0.15, -0.1) is 0 Å². The van der Waals surface area contributed by atoms with Gasteiger partial charge in [0, 0.05) is 6.04 Å². The molecule has 1 unspecified atom stereocenters. The average molecular weight is 232 g/mol. The fourth-order valence-electron chi connectivity index (χ4n) is 1.97. The zero-order chi connectivity index (χ0) is 12.8. The largest absolute Gasteiger partial charge is 0.496 e. The molecule has 3 heteroatoms. The summed E-state index contributed by atoms with van der Waals surface area (Å²) in [7, 11) is 5.68. The fourth-order valence-corrected chi connectivity index (χ4v) is 1.97. The number of hydrogen-bond donors (Lipinski definition) is 0. The molecule has 0 saturated heterocycles. The number of methoxy groups -OCH3 is 1. The zero-order valence-electron chi connectivity index (χ0n) is 11.0. The lowest BCUT2D eigenvalue weighted by atomic mass is 9.99. The van der Waals surface area contributed by atoms with Crippen molar-refractivity contribution < 1.29 is 4.74 Å². The Morgan fingerprint density at radius 1 is 1.41 bits per heavy atom. The average Bonchev–Trinajstić information content (AvgIpc) is 2.34. The van der Waals surface area contributed by atoms with Gasteiger partial charge in [-0.1, -0.05) is 19.1 Å². The summed E-state index contributed by atoms with van der Waals surface area (Å²) in [5.41, 5.74) is 2.36. The molecule has 0 aliphatic rings.